The zero-order valence-corrected chi connectivity index (χ0v) is 13.6. The molecule has 114 valence electrons. The van der Waals surface area contributed by atoms with Crippen molar-refractivity contribution in [2.45, 2.75) is 37.4 Å². The van der Waals surface area contributed by atoms with Crippen LogP contribution in [0.1, 0.15) is 41.6 Å². The van der Waals surface area contributed by atoms with E-state index in [2.05, 4.69) is 21.2 Å². The third kappa shape index (κ3) is 4.27. The van der Waals surface area contributed by atoms with E-state index in [0.717, 1.165) is 31.2 Å². The van der Waals surface area contributed by atoms with E-state index in [1.165, 1.54) is 12.1 Å². The molecule has 5 nitrogen and oxygen atoms in total. The van der Waals surface area contributed by atoms with Crippen LogP contribution in [0.4, 0.5) is 5.69 Å². The van der Waals surface area contributed by atoms with Gasteiger partial charge in [0.25, 0.3) is 11.6 Å². The summed E-state index contributed by atoms with van der Waals surface area (Å²) < 4.78 is 0. The average Bonchev–Trinajstić information content (AvgIpc) is 2.46. The van der Waals surface area contributed by atoms with Gasteiger partial charge in [0, 0.05) is 29.1 Å². The number of rotatable bonds is 4. The number of non-ortho nitro benzene ring substituents is 1. The summed E-state index contributed by atoms with van der Waals surface area (Å²) in [6.45, 7) is 2.43. The number of nitrogens with zero attached hydrogens (tertiary/aromatic N) is 1. The Labute approximate surface area is 132 Å². The highest BCUT2D eigenvalue weighted by Crippen LogP contribution is 2.28. The molecule has 0 aliphatic heterocycles. The van der Waals surface area contributed by atoms with Crippen molar-refractivity contribution >= 4 is 27.5 Å². The zero-order chi connectivity index (χ0) is 15.4. The van der Waals surface area contributed by atoms with Crippen LogP contribution in [0.5, 0.6) is 0 Å². The molecule has 1 aliphatic rings. The smallest absolute Gasteiger partial charge is 0.270 e. The van der Waals surface area contributed by atoms with E-state index in [4.69, 9.17) is 0 Å². The number of carbonyl (C=O) groups excluding carboxylic acids is 1. The minimum absolute atomic E-state index is 0.0504. The van der Waals surface area contributed by atoms with Crippen LogP contribution in [-0.2, 0) is 0 Å². The molecule has 0 heterocycles. The van der Waals surface area contributed by atoms with E-state index in [-0.39, 0.29) is 11.6 Å². The second-order valence-electron chi connectivity index (χ2n) is 5.58. The molecular formula is C15H19BrN2O3. The van der Waals surface area contributed by atoms with Gasteiger partial charge in [-0.15, -0.1) is 0 Å². The number of aryl methyl sites for hydroxylation is 1. The summed E-state index contributed by atoms with van der Waals surface area (Å²) in [5, 5.41) is 13.7. The maximum Gasteiger partial charge on any atom is 0.270 e. The number of nitro groups is 1. The second kappa shape index (κ2) is 7.02. The van der Waals surface area contributed by atoms with Crippen LogP contribution in [0.15, 0.2) is 18.2 Å². The largest absolute Gasteiger partial charge is 0.352 e. The predicted octanol–water partition coefficient (Wildman–Crippen LogP) is 3.59. The molecule has 1 amide bonds. The number of halogens is 1. The number of alkyl halides is 1. The van der Waals surface area contributed by atoms with Gasteiger partial charge in [-0.05, 0) is 44.1 Å². The SMILES string of the molecule is Cc1ccc([N+](=O)[O-])cc1C(=O)NCC1CCC(Br)CC1. The van der Waals surface area contributed by atoms with E-state index < -0.39 is 4.92 Å². The Balaban J connectivity index is 1.97. The molecule has 1 aromatic carbocycles. The van der Waals surface area contributed by atoms with Crippen LogP contribution in [0.3, 0.4) is 0 Å². The fourth-order valence-corrected chi connectivity index (χ4v) is 3.15. The zero-order valence-electron chi connectivity index (χ0n) is 12.0. The lowest BCUT2D eigenvalue weighted by Gasteiger charge is -2.25. The number of hydrogen-bond acceptors (Lipinski definition) is 3. The number of nitrogens with one attached hydrogen (secondary N) is 1. The number of benzene rings is 1. The molecule has 6 heteroatoms. The second-order valence-corrected chi connectivity index (χ2v) is 6.88. The van der Waals surface area contributed by atoms with Crippen LogP contribution in [0.25, 0.3) is 0 Å². The van der Waals surface area contributed by atoms with Gasteiger partial charge in [-0.25, -0.2) is 0 Å². The van der Waals surface area contributed by atoms with E-state index in [1.807, 2.05) is 0 Å². The van der Waals surface area contributed by atoms with Crippen LogP contribution >= 0.6 is 15.9 Å². The van der Waals surface area contributed by atoms with Gasteiger partial charge < -0.3 is 5.32 Å². The minimum Gasteiger partial charge on any atom is -0.352 e. The quantitative estimate of drug-likeness (QED) is 0.510. The Morgan fingerprint density at radius 2 is 2.05 bits per heavy atom. The first kappa shape index (κ1) is 15.9. The van der Waals surface area contributed by atoms with Gasteiger partial charge in [0.1, 0.15) is 0 Å². The Bertz CT molecular complexity index is 540. The first-order valence-corrected chi connectivity index (χ1v) is 8.06. The maximum absolute atomic E-state index is 12.2. The lowest BCUT2D eigenvalue weighted by atomic mass is 9.89. The van der Waals surface area contributed by atoms with Crippen molar-refractivity contribution in [3.05, 3.63) is 39.4 Å². The molecule has 1 aromatic rings. The van der Waals surface area contributed by atoms with Crippen LogP contribution < -0.4 is 5.32 Å². The molecule has 0 aromatic heterocycles. The predicted molar refractivity (Wildman–Crippen MR) is 84.8 cm³/mol. The summed E-state index contributed by atoms with van der Waals surface area (Å²) in [4.78, 5) is 23.1. The molecule has 1 N–H and O–H groups in total. The van der Waals surface area contributed by atoms with E-state index in [1.54, 1.807) is 13.0 Å². The van der Waals surface area contributed by atoms with Gasteiger partial charge in [-0.2, -0.15) is 0 Å². The molecule has 1 aliphatic carbocycles. The number of nitro benzene ring substituents is 1. The average molecular weight is 355 g/mol. The number of amides is 1. The highest BCUT2D eigenvalue weighted by molar-refractivity contribution is 9.09. The molecule has 1 saturated carbocycles. The van der Waals surface area contributed by atoms with Crippen molar-refractivity contribution in [1.82, 2.24) is 5.32 Å². The summed E-state index contributed by atoms with van der Waals surface area (Å²) in [6.07, 6.45) is 4.47. The normalized spacial score (nSPS) is 21.8. The third-order valence-electron chi connectivity index (χ3n) is 4.00. The molecule has 0 radical (unpaired) electrons. The Morgan fingerprint density at radius 3 is 2.67 bits per heavy atom. The fraction of sp³-hybridized carbons (Fsp3) is 0.533. The first-order chi connectivity index (χ1) is 9.97. The summed E-state index contributed by atoms with van der Waals surface area (Å²) >= 11 is 3.61. The Kier molecular flexibility index (Phi) is 5.33. The van der Waals surface area contributed by atoms with Crippen LogP contribution in [-0.4, -0.2) is 22.2 Å². The van der Waals surface area contributed by atoms with Crippen LogP contribution in [0, 0.1) is 23.0 Å². The van der Waals surface area contributed by atoms with Crippen molar-refractivity contribution in [1.29, 1.82) is 0 Å². The minimum atomic E-state index is -0.479. The van der Waals surface area contributed by atoms with Gasteiger partial charge >= 0.3 is 0 Å². The van der Waals surface area contributed by atoms with Gasteiger partial charge in [0.05, 0.1) is 4.92 Å². The van der Waals surface area contributed by atoms with Gasteiger partial charge in [0.2, 0.25) is 0 Å². The van der Waals surface area contributed by atoms with E-state index >= 15 is 0 Å². The first-order valence-electron chi connectivity index (χ1n) is 7.14. The highest BCUT2D eigenvalue weighted by Gasteiger charge is 2.20. The molecule has 0 spiro atoms. The molecule has 2 rings (SSSR count). The summed E-state index contributed by atoms with van der Waals surface area (Å²) in [7, 11) is 0. The summed E-state index contributed by atoms with van der Waals surface area (Å²) in [5.41, 5.74) is 1.09. The standard InChI is InChI=1S/C15H19BrN2O3/c1-10-2-7-13(18(20)21)8-14(10)15(19)17-9-11-3-5-12(16)6-4-11/h2,7-8,11-12H,3-6,9H2,1H3,(H,17,19). The lowest BCUT2D eigenvalue weighted by molar-refractivity contribution is -0.384. The van der Waals surface area contributed by atoms with E-state index in [0.29, 0.717) is 22.9 Å². The summed E-state index contributed by atoms with van der Waals surface area (Å²) in [5.74, 6) is 0.277. The number of hydrogen-bond donors (Lipinski definition) is 1. The highest BCUT2D eigenvalue weighted by atomic mass is 79.9. The number of carbonyl (C=O) groups is 1. The monoisotopic (exact) mass is 354 g/mol. The van der Waals surface area contributed by atoms with Gasteiger partial charge in [0.15, 0.2) is 0 Å². The topological polar surface area (TPSA) is 72.2 Å². The molecule has 1 fully saturated rings. The molecule has 0 unspecified atom stereocenters. The summed E-state index contributed by atoms with van der Waals surface area (Å²) in [6, 6.07) is 4.38. The molecule has 0 saturated heterocycles. The van der Waals surface area contributed by atoms with Gasteiger partial charge in [-0.1, -0.05) is 22.0 Å². The molecule has 0 atom stereocenters. The Hall–Kier alpha value is -1.43. The van der Waals surface area contributed by atoms with Crippen molar-refractivity contribution in [2.75, 3.05) is 6.54 Å². The van der Waals surface area contributed by atoms with Crippen LogP contribution in [0.2, 0.25) is 0 Å². The third-order valence-corrected chi connectivity index (χ3v) is 4.92. The fourth-order valence-electron chi connectivity index (χ4n) is 2.63. The maximum atomic E-state index is 12.2. The van der Waals surface area contributed by atoms with Crippen molar-refractivity contribution < 1.29 is 9.72 Å². The Morgan fingerprint density at radius 1 is 1.38 bits per heavy atom. The van der Waals surface area contributed by atoms with Crippen molar-refractivity contribution in [3.63, 3.8) is 0 Å². The molecular weight excluding hydrogens is 336 g/mol. The van der Waals surface area contributed by atoms with E-state index in [9.17, 15) is 14.9 Å². The molecule has 21 heavy (non-hydrogen) atoms. The van der Waals surface area contributed by atoms with Crippen molar-refractivity contribution in [3.8, 4) is 0 Å². The van der Waals surface area contributed by atoms with Gasteiger partial charge in [-0.3, -0.25) is 14.9 Å². The molecule has 0 bridgehead atoms. The lowest BCUT2D eigenvalue weighted by Crippen LogP contribution is -2.31. The van der Waals surface area contributed by atoms with Crippen molar-refractivity contribution in [2.24, 2.45) is 5.92 Å².